The zero-order valence-corrected chi connectivity index (χ0v) is 18.6. The third-order valence-electron chi connectivity index (χ3n) is 7.93. The van der Waals surface area contributed by atoms with Gasteiger partial charge in [0.05, 0.1) is 6.04 Å². The van der Waals surface area contributed by atoms with Crippen molar-refractivity contribution in [1.29, 1.82) is 0 Å². The van der Waals surface area contributed by atoms with Gasteiger partial charge < -0.3 is 23.8 Å². The van der Waals surface area contributed by atoms with Crippen molar-refractivity contribution in [2.45, 2.75) is 57.9 Å². The van der Waals surface area contributed by atoms with Gasteiger partial charge in [0.25, 0.3) is 0 Å². The minimum absolute atomic E-state index is 0.319. The maximum Gasteiger partial charge on any atom is 0.231 e. The summed E-state index contributed by atoms with van der Waals surface area (Å²) in [6, 6.07) is 9.20. The van der Waals surface area contributed by atoms with Gasteiger partial charge in [0.2, 0.25) is 13.6 Å². The molecule has 0 spiro atoms. The highest BCUT2D eigenvalue weighted by molar-refractivity contribution is 5.96. The lowest BCUT2D eigenvalue weighted by molar-refractivity contribution is 0.166. The van der Waals surface area contributed by atoms with E-state index in [2.05, 4.69) is 36.1 Å². The lowest BCUT2D eigenvalue weighted by Crippen LogP contribution is -2.40. The van der Waals surface area contributed by atoms with Gasteiger partial charge in [0.1, 0.15) is 0 Å². The van der Waals surface area contributed by atoms with Crippen LogP contribution in [0.5, 0.6) is 23.0 Å². The molecule has 32 heavy (non-hydrogen) atoms. The Balaban J connectivity index is 1.50. The molecule has 5 nitrogen and oxygen atoms in total. The smallest absolute Gasteiger partial charge is 0.231 e. The second-order valence-electron chi connectivity index (χ2n) is 9.63. The van der Waals surface area contributed by atoms with Crippen LogP contribution in [0.1, 0.15) is 73.7 Å². The molecule has 1 atom stereocenters. The van der Waals surface area contributed by atoms with E-state index in [1.54, 1.807) is 0 Å². The standard InChI is InChI=1S/C27H29NO4/c1-2-5-19-18-8-9-21-27(32-15-29-21)24(18)25(16-6-3-4-7-16)28-11-10-17-12-22-23(31-14-30-22)13-20(17)26(19)28/h8-9,12-13,16,25H,2-7,10-11,14-15H2,1H3/t25-/m1/s1. The van der Waals surface area contributed by atoms with Crippen molar-refractivity contribution in [3.05, 3.63) is 46.5 Å². The molecule has 0 radical (unpaired) electrons. The molecule has 2 aromatic rings. The summed E-state index contributed by atoms with van der Waals surface area (Å²) in [6.07, 6.45) is 8.41. The predicted octanol–water partition coefficient (Wildman–Crippen LogP) is 5.92. The minimum atomic E-state index is 0.319. The monoisotopic (exact) mass is 431 g/mol. The molecule has 0 bridgehead atoms. The van der Waals surface area contributed by atoms with Crippen molar-refractivity contribution in [2.24, 2.45) is 5.92 Å². The van der Waals surface area contributed by atoms with Crippen LogP contribution in [0.15, 0.2) is 24.3 Å². The van der Waals surface area contributed by atoms with Gasteiger partial charge in [-0.05, 0) is 66.5 Å². The van der Waals surface area contributed by atoms with Crippen LogP contribution in [0.25, 0.3) is 11.3 Å². The minimum Gasteiger partial charge on any atom is -0.454 e. The fourth-order valence-electron chi connectivity index (χ4n) is 6.63. The second kappa shape index (κ2) is 7.09. The SMILES string of the molecule is CCCC1=C2c3cc4c(cc3CCN2[C@H](C2CCCC2)c2c1ccc1c2OCO1)OCO4. The van der Waals surface area contributed by atoms with E-state index >= 15 is 0 Å². The number of hydrogen-bond acceptors (Lipinski definition) is 5. The van der Waals surface area contributed by atoms with Gasteiger partial charge >= 0.3 is 0 Å². The second-order valence-corrected chi connectivity index (χ2v) is 9.63. The van der Waals surface area contributed by atoms with Crippen molar-refractivity contribution in [3.8, 4) is 23.0 Å². The fraction of sp³-hybridized carbons (Fsp3) is 0.481. The number of nitrogens with zero attached hydrogens (tertiary/aromatic N) is 1. The van der Waals surface area contributed by atoms with Gasteiger partial charge in [-0.1, -0.05) is 32.3 Å². The molecule has 2 aromatic carbocycles. The van der Waals surface area contributed by atoms with Gasteiger partial charge in [-0.3, -0.25) is 0 Å². The highest BCUT2D eigenvalue weighted by Crippen LogP contribution is 2.57. The Hall–Kier alpha value is -2.82. The molecule has 4 aliphatic heterocycles. The van der Waals surface area contributed by atoms with Crippen LogP contribution < -0.4 is 18.9 Å². The van der Waals surface area contributed by atoms with Crippen molar-refractivity contribution in [3.63, 3.8) is 0 Å². The molecule has 1 fully saturated rings. The topological polar surface area (TPSA) is 40.2 Å². The van der Waals surface area contributed by atoms with Crippen LogP contribution in [0, 0.1) is 5.92 Å². The van der Waals surface area contributed by atoms with Crippen molar-refractivity contribution >= 4 is 11.3 Å². The average Bonchev–Trinajstić information content (AvgIpc) is 3.58. The van der Waals surface area contributed by atoms with Crippen LogP contribution in [0.2, 0.25) is 0 Å². The summed E-state index contributed by atoms with van der Waals surface area (Å²) in [5.74, 6) is 4.32. The molecule has 0 N–H and O–H groups in total. The summed E-state index contributed by atoms with van der Waals surface area (Å²) in [7, 11) is 0. The van der Waals surface area contributed by atoms with E-state index in [0.29, 0.717) is 25.5 Å². The highest BCUT2D eigenvalue weighted by atomic mass is 16.7. The first-order valence-electron chi connectivity index (χ1n) is 12.2. The number of allylic oxidation sites excluding steroid dienone is 1. The van der Waals surface area contributed by atoms with E-state index in [4.69, 9.17) is 18.9 Å². The number of rotatable bonds is 3. The van der Waals surface area contributed by atoms with E-state index < -0.39 is 0 Å². The van der Waals surface area contributed by atoms with E-state index in [9.17, 15) is 0 Å². The normalized spacial score (nSPS) is 22.8. The van der Waals surface area contributed by atoms with Crippen molar-refractivity contribution < 1.29 is 18.9 Å². The number of benzene rings is 2. The van der Waals surface area contributed by atoms with Gasteiger partial charge in [0, 0.05) is 23.4 Å². The average molecular weight is 432 g/mol. The number of hydrogen-bond donors (Lipinski definition) is 0. The molecule has 4 heterocycles. The van der Waals surface area contributed by atoms with Gasteiger partial charge in [-0.2, -0.15) is 0 Å². The Morgan fingerprint density at radius 2 is 1.69 bits per heavy atom. The molecule has 0 unspecified atom stereocenters. The first kappa shape index (κ1) is 18.7. The third kappa shape index (κ3) is 2.57. The lowest BCUT2D eigenvalue weighted by Gasteiger charge is -2.47. The molecule has 0 saturated heterocycles. The first-order valence-corrected chi connectivity index (χ1v) is 12.2. The summed E-state index contributed by atoms with van der Waals surface area (Å²) < 4.78 is 23.4. The largest absolute Gasteiger partial charge is 0.454 e. The van der Waals surface area contributed by atoms with Crippen molar-refractivity contribution in [2.75, 3.05) is 20.1 Å². The molecule has 1 saturated carbocycles. The van der Waals surface area contributed by atoms with Crippen LogP contribution >= 0.6 is 0 Å². The molecule has 5 heteroatoms. The maximum absolute atomic E-state index is 6.11. The Labute approximate surface area is 188 Å². The van der Waals surface area contributed by atoms with Crippen LogP contribution in [0.3, 0.4) is 0 Å². The molecule has 0 aromatic heterocycles. The Bertz CT molecular complexity index is 1130. The fourth-order valence-corrected chi connectivity index (χ4v) is 6.63. The molecular weight excluding hydrogens is 402 g/mol. The Morgan fingerprint density at radius 1 is 0.906 bits per heavy atom. The first-order chi connectivity index (χ1) is 15.8. The number of ether oxygens (including phenoxy) is 4. The van der Waals surface area contributed by atoms with E-state index in [-0.39, 0.29) is 0 Å². The lowest BCUT2D eigenvalue weighted by atomic mass is 9.76. The molecular formula is C27H29NO4. The summed E-state index contributed by atoms with van der Waals surface area (Å²) in [5, 5.41) is 0. The molecule has 1 aliphatic carbocycles. The molecule has 0 amide bonds. The highest BCUT2D eigenvalue weighted by Gasteiger charge is 2.44. The summed E-state index contributed by atoms with van der Waals surface area (Å²) in [4.78, 5) is 2.72. The van der Waals surface area contributed by atoms with Crippen LogP contribution in [-0.2, 0) is 6.42 Å². The van der Waals surface area contributed by atoms with Crippen LogP contribution in [0.4, 0.5) is 0 Å². The Morgan fingerprint density at radius 3 is 2.53 bits per heavy atom. The van der Waals surface area contributed by atoms with Gasteiger partial charge in [0.15, 0.2) is 23.0 Å². The number of fused-ring (bicyclic) bond motifs is 7. The molecule has 166 valence electrons. The van der Waals surface area contributed by atoms with E-state index in [1.165, 1.54) is 59.2 Å². The molecule has 7 rings (SSSR count). The van der Waals surface area contributed by atoms with E-state index in [0.717, 1.165) is 48.8 Å². The predicted molar refractivity (Wildman–Crippen MR) is 122 cm³/mol. The zero-order valence-electron chi connectivity index (χ0n) is 18.6. The summed E-state index contributed by atoms with van der Waals surface area (Å²) >= 11 is 0. The van der Waals surface area contributed by atoms with Gasteiger partial charge in [-0.15, -0.1) is 0 Å². The van der Waals surface area contributed by atoms with Crippen LogP contribution in [-0.4, -0.2) is 25.0 Å². The Kier molecular flexibility index (Phi) is 4.15. The quantitative estimate of drug-likeness (QED) is 0.604. The third-order valence-corrected chi connectivity index (χ3v) is 7.93. The summed E-state index contributed by atoms with van der Waals surface area (Å²) in [6.45, 7) is 3.95. The summed E-state index contributed by atoms with van der Waals surface area (Å²) in [5.41, 5.74) is 8.30. The molecule has 5 aliphatic rings. The van der Waals surface area contributed by atoms with E-state index in [1.807, 2.05) is 0 Å². The van der Waals surface area contributed by atoms with Gasteiger partial charge in [-0.25, -0.2) is 0 Å². The maximum atomic E-state index is 6.11. The zero-order chi connectivity index (χ0) is 21.2. The van der Waals surface area contributed by atoms with Crippen molar-refractivity contribution in [1.82, 2.24) is 4.90 Å².